The summed E-state index contributed by atoms with van der Waals surface area (Å²) in [6, 6.07) is 8.55. The zero-order chi connectivity index (χ0) is 13.3. The Morgan fingerprint density at radius 2 is 1.72 bits per heavy atom. The lowest BCUT2D eigenvalue weighted by atomic mass is 10.1. The van der Waals surface area contributed by atoms with Crippen LogP contribution in [0.5, 0.6) is 0 Å². The molecule has 0 aliphatic carbocycles. The first-order chi connectivity index (χ1) is 8.39. The van der Waals surface area contributed by atoms with Crippen LogP contribution in [0.4, 0.5) is 13.2 Å². The van der Waals surface area contributed by atoms with Gasteiger partial charge in [0, 0.05) is 5.56 Å². The third-order valence-electron chi connectivity index (χ3n) is 2.48. The van der Waals surface area contributed by atoms with Crippen LogP contribution in [0.2, 0.25) is 0 Å². The van der Waals surface area contributed by atoms with E-state index in [1.807, 2.05) is 0 Å². The van der Waals surface area contributed by atoms with E-state index < -0.39 is 11.9 Å². The van der Waals surface area contributed by atoms with Crippen LogP contribution in [0, 0.1) is 0 Å². The normalized spacial score (nSPS) is 12.1. The maximum absolute atomic E-state index is 12.8. The Labute approximate surface area is 102 Å². The number of alkyl halides is 3. The lowest BCUT2D eigenvalue weighted by Crippen LogP contribution is -2.08. The maximum Gasteiger partial charge on any atom is 0.451 e. The largest absolute Gasteiger partial charge is 0.451 e. The molecule has 0 saturated carbocycles. The first kappa shape index (κ1) is 12.7. The molecule has 0 spiro atoms. The molecule has 96 valence electrons. The summed E-state index contributed by atoms with van der Waals surface area (Å²) in [5.74, 6) is -1.34. The molecule has 0 unspecified atom stereocenters. The number of halogens is 3. The van der Waals surface area contributed by atoms with E-state index in [0.717, 1.165) is 0 Å². The van der Waals surface area contributed by atoms with Crippen LogP contribution < -0.4 is 0 Å². The molecule has 0 atom stereocenters. The second-order valence-corrected chi connectivity index (χ2v) is 4.25. The number of hydrogen-bond acceptors (Lipinski definition) is 2. The monoisotopic (exact) mass is 255 g/mol. The predicted octanol–water partition coefficient (Wildman–Crippen LogP) is 4.48. The van der Waals surface area contributed by atoms with Crippen molar-refractivity contribution >= 4 is 0 Å². The predicted molar refractivity (Wildman–Crippen MR) is 61.0 cm³/mol. The van der Waals surface area contributed by atoms with Crippen LogP contribution >= 0.6 is 0 Å². The molecule has 2 aromatic rings. The van der Waals surface area contributed by atoms with Crippen molar-refractivity contribution in [3.63, 3.8) is 0 Å². The Bertz CT molecular complexity index is 529. The van der Waals surface area contributed by atoms with Crippen molar-refractivity contribution in [1.82, 2.24) is 4.98 Å². The minimum atomic E-state index is -4.51. The molecule has 1 aromatic carbocycles. The molecule has 0 bridgehead atoms. The minimum Gasteiger partial charge on any atom is -0.431 e. The van der Waals surface area contributed by atoms with Gasteiger partial charge < -0.3 is 4.42 Å². The van der Waals surface area contributed by atoms with E-state index in [1.165, 1.54) is 0 Å². The van der Waals surface area contributed by atoms with Crippen LogP contribution in [0.15, 0.2) is 34.7 Å². The highest BCUT2D eigenvalue weighted by Gasteiger charge is 2.40. The summed E-state index contributed by atoms with van der Waals surface area (Å²) in [4.78, 5) is 3.96. The number of rotatable bonds is 2. The molecule has 5 heteroatoms. The SMILES string of the molecule is CC(C)c1nc(-c2ccccc2)oc1C(F)(F)F. The summed E-state index contributed by atoms with van der Waals surface area (Å²) in [6.45, 7) is 3.31. The second-order valence-electron chi connectivity index (χ2n) is 4.25. The molecule has 18 heavy (non-hydrogen) atoms. The zero-order valence-corrected chi connectivity index (χ0v) is 9.95. The van der Waals surface area contributed by atoms with Crippen molar-refractivity contribution in [3.05, 3.63) is 41.8 Å². The molecular formula is C13H12F3NO. The highest BCUT2D eigenvalue weighted by Crippen LogP contribution is 2.37. The molecule has 1 aromatic heterocycles. The van der Waals surface area contributed by atoms with Gasteiger partial charge in [0.15, 0.2) is 0 Å². The minimum absolute atomic E-state index is 0.00613. The molecule has 0 fully saturated rings. The van der Waals surface area contributed by atoms with E-state index in [2.05, 4.69) is 4.98 Å². The first-order valence-electron chi connectivity index (χ1n) is 5.53. The third kappa shape index (κ3) is 2.39. The van der Waals surface area contributed by atoms with Gasteiger partial charge in [-0.25, -0.2) is 4.98 Å². The quantitative estimate of drug-likeness (QED) is 0.790. The van der Waals surface area contributed by atoms with Gasteiger partial charge >= 0.3 is 6.18 Å². The highest BCUT2D eigenvalue weighted by atomic mass is 19.4. The number of nitrogens with zero attached hydrogens (tertiary/aromatic N) is 1. The van der Waals surface area contributed by atoms with Crippen molar-refractivity contribution in [2.24, 2.45) is 0 Å². The average molecular weight is 255 g/mol. The van der Waals surface area contributed by atoms with Gasteiger partial charge in [-0.05, 0) is 18.1 Å². The van der Waals surface area contributed by atoms with E-state index >= 15 is 0 Å². The average Bonchev–Trinajstić information content (AvgIpc) is 2.74. The Hall–Kier alpha value is -1.78. The van der Waals surface area contributed by atoms with E-state index in [1.54, 1.807) is 44.2 Å². The topological polar surface area (TPSA) is 26.0 Å². The van der Waals surface area contributed by atoms with E-state index in [0.29, 0.717) is 5.56 Å². The van der Waals surface area contributed by atoms with Crippen LogP contribution in [0.1, 0.15) is 31.2 Å². The number of hydrogen-bond donors (Lipinski definition) is 0. The van der Waals surface area contributed by atoms with Crippen LogP contribution in [-0.4, -0.2) is 4.98 Å². The van der Waals surface area contributed by atoms with Crippen LogP contribution in [-0.2, 0) is 6.18 Å². The molecule has 1 heterocycles. The number of benzene rings is 1. The Kier molecular flexibility index (Phi) is 3.15. The molecule has 2 nitrogen and oxygen atoms in total. The van der Waals surface area contributed by atoms with Gasteiger partial charge in [0.1, 0.15) is 0 Å². The summed E-state index contributed by atoms with van der Waals surface area (Å²) in [5, 5.41) is 0. The van der Waals surface area contributed by atoms with Crippen molar-refractivity contribution in [2.75, 3.05) is 0 Å². The van der Waals surface area contributed by atoms with Crippen molar-refractivity contribution < 1.29 is 17.6 Å². The van der Waals surface area contributed by atoms with Gasteiger partial charge in [0.05, 0.1) is 5.69 Å². The molecule has 0 aliphatic heterocycles. The van der Waals surface area contributed by atoms with Crippen LogP contribution in [0.3, 0.4) is 0 Å². The fraction of sp³-hybridized carbons (Fsp3) is 0.308. The Morgan fingerprint density at radius 1 is 1.11 bits per heavy atom. The number of oxazole rings is 1. The third-order valence-corrected chi connectivity index (χ3v) is 2.48. The molecule has 0 saturated heterocycles. The smallest absolute Gasteiger partial charge is 0.431 e. The lowest BCUT2D eigenvalue weighted by molar-refractivity contribution is -0.153. The lowest BCUT2D eigenvalue weighted by Gasteiger charge is -2.06. The van der Waals surface area contributed by atoms with Crippen molar-refractivity contribution in [2.45, 2.75) is 25.9 Å². The fourth-order valence-electron chi connectivity index (χ4n) is 1.63. The van der Waals surface area contributed by atoms with Gasteiger partial charge in [-0.15, -0.1) is 0 Å². The Balaban J connectivity index is 2.53. The summed E-state index contributed by atoms with van der Waals surface area (Å²) < 4.78 is 43.3. The molecule has 0 amide bonds. The van der Waals surface area contributed by atoms with Gasteiger partial charge in [0.2, 0.25) is 11.7 Å². The fourth-order valence-corrected chi connectivity index (χ4v) is 1.63. The molecule has 0 N–H and O–H groups in total. The van der Waals surface area contributed by atoms with Gasteiger partial charge in [-0.1, -0.05) is 32.0 Å². The molecular weight excluding hydrogens is 243 g/mol. The molecule has 0 aliphatic rings. The maximum atomic E-state index is 12.8. The van der Waals surface area contributed by atoms with E-state index in [4.69, 9.17) is 4.42 Å². The molecule has 2 rings (SSSR count). The van der Waals surface area contributed by atoms with Gasteiger partial charge in [-0.2, -0.15) is 13.2 Å². The highest BCUT2D eigenvalue weighted by molar-refractivity contribution is 5.53. The summed E-state index contributed by atoms with van der Waals surface area (Å²) in [7, 11) is 0. The number of aromatic nitrogens is 1. The first-order valence-corrected chi connectivity index (χ1v) is 5.53. The standard InChI is InChI=1S/C13H12F3NO/c1-8(2)10-11(13(14,15)16)18-12(17-10)9-6-4-3-5-7-9/h3-8H,1-2H3. The van der Waals surface area contributed by atoms with E-state index in [9.17, 15) is 13.2 Å². The molecule has 0 radical (unpaired) electrons. The summed E-state index contributed by atoms with van der Waals surface area (Å²) in [6.07, 6.45) is -4.51. The second kappa shape index (κ2) is 4.48. The summed E-state index contributed by atoms with van der Waals surface area (Å²) in [5.41, 5.74) is 0.483. The van der Waals surface area contributed by atoms with Crippen molar-refractivity contribution in [1.29, 1.82) is 0 Å². The van der Waals surface area contributed by atoms with E-state index in [-0.39, 0.29) is 17.5 Å². The Morgan fingerprint density at radius 3 is 2.17 bits per heavy atom. The van der Waals surface area contributed by atoms with Crippen LogP contribution in [0.25, 0.3) is 11.5 Å². The zero-order valence-electron chi connectivity index (χ0n) is 9.95. The van der Waals surface area contributed by atoms with Gasteiger partial charge in [0.25, 0.3) is 0 Å². The van der Waals surface area contributed by atoms with Crippen molar-refractivity contribution in [3.8, 4) is 11.5 Å². The van der Waals surface area contributed by atoms with Gasteiger partial charge in [-0.3, -0.25) is 0 Å². The summed E-state index contributed by atoms with van der Waals surface area (Å²) >= 11 is 0.